The SMILES string of the molecule is CCn1c(SCc2ccc(Cl)cc2)nnc1-c1ccc(C(C)C)cc1. The molecule has 0 bridgehead atoms. The molecular weight excluding hydrogens is 350 g/mol. The van der Waals surface area contributed by atoms with Gasteiger partial charge in [-0.1, -0.05) is 73.6 Å². The van der Waals surface area contributed by atoms with Gasteiger partial charge >= 0.3 is 0 Å². The van der Waals surface area contributed by atoms with Crippen LogP contribution in [0.15, 0.2) is 53.7 Å². The van der Waals surface area contributed by atoms with E-state index in [9.17, 15) is 0 Å². The van der Waals surface area contributed by atoms with E-state index in [4.69, 9.17) is 11.6 Å². The van der Waals surface area contributed by atoms with E-state index in [0.29, 0.717) is 5.92 Å². The van der Waals surface area contributed by atoms with Crippen LogP contribution >= 0.6 is 23.4 Å². The molecule has 3 nitrogen and oxygen atoms in total. The van der Waals surface area contributed by atoms with Crippen molar-refractivity contribution in [3.63, 3.8) is 0 Å². The second-order valence-electron chi connectivity index (χ2n) is 6.24. The molecule has 130 valence electrons. The zero-order chi connectivity index (χ0) is 17.8. The van der Waals surface area contributed by atoms with Gasteiger partial charge in [-0.2, -0.15) is 0 Å². The van der Waals surface area contributed by atoms with Crippen LogP contribution in [0.3, 0.4) is 0 Å². The zero-order valence-electron chi connectivity index (χ0n) is 14.7. The first-order valence-electron chi connectivity index (χ1n) is 8.49. The van der Waals surface area contributed by atoms with Crippen molar-refractivity contribution in [3.05, 3.63) is 64.7 Å². The number of benzene rings is 2. The highest BCUT2D eigenvalue weighted by Crippen LogP contribution is 2.27. The van der Waals surface area contributed by atoms with Gasteiger partial charge in [-0.15, -0.1) is 10.2 Å². The zero-order valence-corrected chi connectivity index (χ0v) is 16.3. The number of thioether (sulfide) groups is 1. The van der Waals surface area contributed by atoms with E-state index in [-0.39, 0.29) is 0 Å². The van der Waals surface area contributed by atoms with Crippen molar-refractivity contribution in [2.75, 3.05) is 0 Å². The van der Waals surface area contributed by atoms with Crippen molar-refractivity contribution in [3.8, 4) is 11.4 Å². The van der Waals surface area contributed by atoms with Crippen molar-refractivity contribution in [2.45, 2.75) is 44.1 Å². The van der Waals surface area contributed by atoms with Crippen LogP contribution in [-0.4, -0.2) is 14.8 Å². The third-order valence-corrected chi connectivity index (χ3v) is 5.44. The molecule has 0 aliphatic rings. The Hall–Kier alpha value is -1.78. The first-order valence-corrected chi connectivity index (χ1v) is 9.85. The number of halogens is 1. The lowest BCUT2D eigenvalue weighted by molar-refractivity contribution is 0.687. The molecule has 0 saturated carbocycles. The van der Waals surface area contributed by atoms with Gasteiger partial charge in [0.15, 0.2) is 11.0 Å². The monoisotopic (exact) mass is 371 g/mol. The summed E-state index contributed by atoms with van der Waals surface area (Å²) in [7, 11) is 0. The Morgan fingerprint density at radius 3 is 2.28 bits per heavy atom. The van der Waals surface area contributed by atoms with Gasteiger partial charge in [0.25, 0.3) is 0 Å². The number of aromatic nitrogens is 3. The fraction of sp³-hybridized carbons (Fsp3) is 0.300. The molecule has 0 unspecified atom stereocenters. The Morgan fingerprint density at radius 2 is 1.68 bits per heavy atom. The lowest BCUT2D eigenvalue weighted by Gasteiger charge is -2.09. The first kappa shape index (κ1) is 18.0. The molecule has 1 aromatic heterocycles. The minimum Gasteiger partial charge on any atom is -0.302 e. The summed E-state index contributed by atoms with van der Waals surface area (Å²) in [5.74, 6) is 2.31. The molecule has 0 saturated heterocycles. The highest BCUT2D eigenvalue weighted by atomic mass is 35.5. The molecule has 5 heteroatoms. The second-order valence-corrected chi connectivity index (χ2v) is 7.62. The van der Waals surface area contributed by atoms with Crippen LogP contribution in [0.2, 0.25) is 5.02 Å². The molecular formula is C20H22ClN3S. The maximum atomic E-state index is 5.94. The van der Waals surface area contributed by atoms with Crippen LogP contribution in [-0.2, 0) is 12.3 Å². The summed E-state index contributed by atoms with van der Waals surface area (Å²) < 4.78 is 2.17. The van der Waals surface area contributed by atoms with E-state index >= 15 is 0 Å². The van der Waals surface area contributed by atoms with Gasteiger partial charge in [-0.3, -0.25) is 0 Å². The molecule has 3 aromatic rings. The molecule has 0 aliphatic carbocycles. The summed E-state index contributed by atoms with van der Waals surface area (Å²) in [4.78, 5) is 0. The lowest BCUT2D eigenvalue weighted by Crippen LogP contribution is -2.00. The van der Waals surface area contributed by atoms with Crippen molar-refractivity contribution >= 4 is 23.4 Å². The van der Waals surface area contributed by atoms with E-state index in [0.717, 1.165) is 33.9 Å². The van der Waals surface area contributed by atoms with Gasteiger partial charge < -0.3 is 4.57 Å². The number of hydrogen-bond acceptors (Lipinski definition) is 3. The van der Waals surface area contributed by atoms with Gasteiger partial charge in [0.05, 0.1) is 0 Å². The minimum absolute atomic E-state index is 0.531. The maximum absolute atomic E-state index is 5.94. The van der Waals surface area contributed by atoms with E-state index in [1.807, 2.05) is 24.3 Å². The van der Waals surface area contributed by atoms with Crippen molar-refractivity contribution in [1.82, 2.24) is 14.8 Å². The molecule has 0 amide bonds. The summed E-state index contributed by atoms with van der Waals surface area (Å²) in [5.41, 5.74) is 3.67. The normalized spacial score (nSPS) is 11.2. The van der Waals surface area contributed by atoms with Crippen LogP contribution in [0.25, 0.3) is 11.4 Å². The number of nitrogens with zero attached hydrogens (tertiary/aromatic N) is 3. The molecule has 25 heavy (non-hydrogen) atoms. The Kier molecular flexibility index (Phi) is 5.82. The predicted molar refractivity (Wildman–Crippen MR) is 106 cm³/mol. The second kappa shape index (κ2) is 8.07. The molecule has 0 N–H and O–H groups in total. The predicted octanol–water partition coefficient (Wildman–Crippen LogP) is 6.03. The Balaban J connectivity index is 1.79. The molecule has 0 aliphatic heterocycles. The van der Waals surface area contributed by atoms with Crippen LogP contribution in [0.5, 0.6) is 0 Å². The van der Waals surface area contributed by atoms with Crippen molar-refractivity contribution in [1.29, 1.82) is 0 Å². The number of hydrogen-bond donors (Lipinski definition) is 0. The molecule has 3 rings (SSSR count). The first-order chi connectivity index (χ1) is 12.1. The fourth-order valence-electron chi connectivity index (χ4n) is 2.64. The van der Waals surface area contributed by atoms with Gasteiger partial charge in [-0.25, -0.2) is 0 Å². The van der Waals surface area contributed by atoms with Crippen LogP contribution in [0.1, 0.15) is 37.8 Å². The van der Waals surface area contributed by atoms with Gasteiger partial charge in [0.2, 0.25) is 0 Å². The molecule has 0 spiro atoms. The topological polar surface area (TPSA) is 30.7 Å². The quantitative estimate of drug-likeness (QED) is 0.495. The van der Waals surface area contributed by atoms with Gasteiger partial charge in [0.1, 0.15) is 0 Å². The van der Waals surface area contributed by atoms with Crippen LogP contribution < -0.4 is 0 Å². The average Bonchev–Trinajstić information content (AvgIpc) is 3.04. The lowest BCUT2D eigenvalue weighted by atomic mass is 10.0. The molecule has 2 aromatic carbocycles. The standard InChI is InChI=1S/C20H22ClN3S/c1-4-24-19(17-9-7-16(8-10-17)14(2)3)22-23-20(24)25-13-15-5-11-18(21)12-6-15/h5-12,14H,4,13H2,1-3H3. The van der Waals surface area contributed by atoms with Crippen LogP contribution in [0.4, 0.5) is 0 Å². The summed E-state index contributed by atoms with van der Waals surface area (Å²) in [5, 5.41) is 10.5. The van der Waals surface area contributed by atoms with E-state index in [2.05, 4.69) is 59.8 Å². The van der Waals surface area contributed by atoms with Gasteiger partial charge in [0, 0.05) is 22.9 Å². The van der Waals surface area contributed by atoms with E-state index in [1.165, 1.54) is 11.1 Å². The summed E-state index contributed by atoms with van der Waals surface area (Å²) >= 11 is 7.65. The molecule has 0 atom stereocenters. The van der Waals surface area contributed by atoms with Crippen molar-refractivity contribution in [2.24, 2.45) is 0 Å². The summed E-state index contributed by atoms with van der Waals surface area (Å²) in [6.07, 6.45) is 0. The van der Waals surface area contributed by atoms with Crippen LogP contribution in [0, 0.1) is 0 Å². The Morgan fingerprint density at radius 1 is 1.00 bits per heavy atom. The average molecular weight is 372 g/mol. The fourth-order valence-corrected chi connectivity index (χ4v) is 3.72. The highest BCUT2D eigenvalue weighted by molar-refractivity contribution is 7.98. The third-order valence-electron chi connectivity index (χ3n) is 4.15. The van der Waals surface area contributed by atoms with Gasteiger partial charge in [-0.05, 0) is 36.1 Å². The molecule has 1 heterocycles. The minimum atomic E-state index is 0.531. The molecule has 0 radical (unpaired) electrons. The third kappa shape index (κ3) is 4.25. The van der Waals surface area contributed by atoms with E-state index in [1.54, 1.807) is 11.8 Å². The Labute approximate surface area is 158 Å². The summed E-state index contributed by atoms with van der Waals surface area (Å²) in [6.45, 7) is 7.38. The largest absolute Gasteiger partial charge is 0.302 e. The molecule has 0 fully saturated rings. The smallest absolute Gasteiger partial charge is 0.191 e. The summed E-state index contributed by atoms with van der Waals surface area (Å²) in [6, 6.07) is 16.6. The van der Waals surface area contributed by atoms with E-state index < -0.39 is 0 Å². The van der Waals surface area contributed by atoms with Crippen molar-refractivity contribution < 1.29 is 0 Å². The maximum Gasteiger partial charge on any atom is 0.191 e. The highest BCUT2D eigenvalue weighted by Gasteiger charge is 2.13. The Bertz CT molecular complexity index is 823. The number of rotatable bonds is 6.